The first-order valence-electron chi connectivity index (χ1n) is 5.23. The Kier molecular flexibility index (Phi) is 2.38. The Morgan fingerprint density at radius 2 is 2.20 bits per heavy atom. The summed E-state index contributed by atoms with van der Waals surface area (Å²) in [6, 6.07) is 0.207. The van der Waals surface area contributed by atoms with Crippen LogP contribution in [0.15, 0.2) is 6.20 Å². The maximum Gasteiger partial charge on any atom is 0.274 e. The molecule has 15 heavy (non-hydrogen) atoms. The largest absolute Gasteiger partial charge is 0.396 e. The number of anilines is 1. The van der Waals surface area contributed by atoms with Crippen LogP contribution in [0.4, 0.5) is 5.69 Å². The minimum absolute atomic E-state index is 0.00231. The molecule has 0 unspecified atom stereocenters. The van der Waals surface area contributed by atoms with Gasteiger partial charge in [0.25, 0.3) is 5.91 Å². The summed E-state index contributed by atoms with van der Waals surface area (Å²) in [6.07, 6.45) is 2.48. The van der Waals surface area contributed by atoms with E-state index in [0.717, 1.165) is 19.5 Å². The number of hydrogen-bond donors (Lipinski definition) is 1. The van der Waals surface area contributed by atoms with Gasteiger partial charge in [-0.2, -0.15) is 5.10 Å². The molecule has 0 saturated carbocycles. The van der Waals surface area contributed by atoms with Gasteiger partial charge in [0.05, 0.1) is 11.9 Å². The second-order valence-electron chi connectivity index (χ2n) is 4.12. The van der Waals surface area contributed by atoms with Gasteiger partial charge < -0.3 is 10.6 Å². The van der Waals surface area contributed by atoms with Gasteiger partial charge in [0.15, 0.2) is 0 Å². The van der Waals surface area contributed by atoms with Crippen LogP contribution in [0.1, 0.15) is 30.8 Å². The normalized spacial score (nSPS) is 16.7. The van der Waals surface area contributed by atoms with Crippen molar-refractivity contribution >= 4 is 11.6 Å². The Morgan fingerprint density at radius 1 is 1.47 bits per heavy atom. The molecular formula is C10H16N4O. The Labute approximate surface area is 88.8 Å². The Bertz CT molecular complexity index is 383. The molecule has 1 aliphatic heterocycles. The first-order chi connectivity index (χ1) is 7.11. The summed E-state index contributed by atoms with van der Waals surface area (Å²) in [4.78, 5) is 14.0. The summed E-state index contributed by atoms with van der Waals surface area (Å²) < 4.78 is 1.71. The van der Waals surface area contributed by atoms with E-state index in [1.807, 2.05) is 18.7 Å². The third-order valence-corrected chi connectivity index (χ3v) is 2.72. The predicted octanol–water partition coefficient (Wildman–Crippen LogP) is 0.720. The molecule has 0 atom stereocenters. The third-order valence-electron chi connectivity index (χ3n) is 2.72. The zero-order valence-corrected chi connectivity index (χ0v) is 9.10. The molecule has 0 aliphatic carbocycles. The highest BCUT2D eigenvalue weighted by Crippen LogP contribution is 2.19. The predicted molar refractivity (Wildman–Crippen MR) is 57.4 cm³/mol. The van der Waals surface area contributed by atoms with Crippen molar-refractivity contribution in [3.63, 3.8) is 0 Å². The van der Waals surface area contributed by atoms with E-state index in [4.69, 9.17) is 5.73 Å². The summed E-state index contributed by atoms with van der Waals surface area (Å²) in [5.41, 5.74) is 6.77. The SMILES string of the molecule is CC(C)N1CCCn2ncc(N)c2C1=O. The van der Waals surface area contributed by atoms with Crippen LogP contribution in [0, 0.1) is 0 Å². The molecule has 0 fully saturated rings. The molecule has 0 spiro atoms. The van der Waals surface area contributed by atoms with Crippen molar-refractivity contribution in [3.05, 3.63) is 11.9 Å². The molecule has 1 aromatic heterocycles. The van der Waals surface area contributed by atoms with E-state index >= 15 is 0 Å². The van der Waals surface area contributed by atoms with Gasteiger partial charge in [-0.3, -0.25) is 9.48 Å². The average Bonchev–Trinajstić information content (AvgIpc) is 2.43. The number of hydrogen-bond acceptors (Lipinski definition) is 3. The van der Waals surface area contributed by atoms with Crippen LogP contribution < -0.4 is 5.73 Å². The summed E-state index contributed by atoms with van der Waals surface area (Å²) in [5, 5.41) is 4.10. The minimum atomic E-state index is -0.00231. The number of rotatable bonds is 1. The van der Waals surface area contributed by atoms with Crippen LogP contribution >= 0.6 is 0 Å². The molecule has 2 heterocycles. The van der Waals surface area contributed by atoms with Crippen LogP contribution in [0.5, 0.6) is 0 Å². The fourth-order valence-electron chi connectivity index (χ4n) is 1.92. The number of nitrogen functional groups attached to an aromatic ring is 1. The number of nitrogens with zero attached hydrogens (tertiary/aromatic N) is 3. The molecule has 0 saturated heterocycles. The second kappa shape index (κ2) is 3.56. The zero-order valence-electron chi connectivity index (χ0n) is 9.10. The average molecular weight is 208 g/mol. The lowest BCUT2D eigenvalue weighted by Gasteiger charge is -2.24. The number of aromatic nitrogens is 2. The molecule has 0 radical (unpaired) electrons. The van der Waals surface area contributed by atoms with E-state index in [1.54, 1.807) is 10.9 Å². The number of nitrogens with two attached hydrogens (primary N) is 1. The highest BCUT2D eigenvalue weighted by atomic mass is 16.2. The van der Waals surface area contributed by atoms with Gasteiger partial charge in [-0.1, -0.05) is 0 Å². The Hall–Kier alpha value is -1.52. The van der Waals surface area contributed by atoms with Crippen molar-refractivity contribution in [3.8, 4) is 0 Å². The van der Waals surface area contributed by atoms with Crippen molar-refractivity contribution in [2.75, 3.05) is 12.3 Å². The first kappa shape index (κ1) is 10.0. The summed E-state index contributed by atoms with van der Waals surface area (Å²) in [7, 11) is 0. The van der Waals surface area contributed by atoms with Crippen LogP contribution in [0.2, 0.25) is 0 Å². The monoisotopic (exact) mass is 208 g/mol. The van der Waals surface area contributed by atoms with Crippen molar-refractivity contribution in [1.29, 1.82) is 0 Å². The first-order valence-corrected chi connectivity index (χ1v) is 5.23. The molecule has 0 aromatic carbocycles. The van der Waals surface area contributed by atoms with E-state index in [9.17, 15) is 4.79 Å². The Morgan fingerprint density at radius 3 is 2.87 bits per heavy atom. The molecule has 0 bridgehead atoms. The van der Waals surface area contributed by atoms with Gasteiger partial charge in [-0.05, 0) is 20.3 Å². The van der Waals surface area contributed by atoms with Crippen LogP contribution in [-0.2, 0) is 6.54 Å². The van der Waals surface area contributed by atoms with Crippen LogP contribution in [0.3, 0.4) is 0 Å². The molecule has 5 heteroatoms. The molecular weight excluding hydrogens is 192 g/mol. The fraction of sp³-hybridized carbons (Fsp3) is 0.600. The Balaban J connectivity index is 2.41. The van der Waals surface area contributed by atoms with Gasteiger partial charge in [-0.15, -0.1) is 0 Å². The lowest BCUT2D eigenvalue weighted by Crippen LogP contribution is -2.37. The van der Waals surface area contributed by atoms with Crippen molar-refractivity contribution in [2.45, 2.75) is 32.9 Å². The standard InChI is InChI=1S/C10H16N4O/c1-7(2)13-4-3-5-14-9(10(13)15)8(11)6-12-14/h6-7H,3-5,11H2,1-2H3. The van der Waals surface area contributed by atoms with Crippen molar-refractivity contribution < 1.29 is 4.79 Å². The highest BCUT2D eigenvalue weighted by molar-refractivity contribution is 5.97. The quantitative estimate of drug-likeness (QED) is 0.739. The number of carbonyl (C=O) groups excluding carboxylic acids is 1. The fourth-order valence-corrected chi connectivity index (χ4v) is 1.92. The summed E-state index contributed by atoms with van der Waals surface area (Å²) >= 11 is 0. The minimum Gasteiger partial charge on any atom is -0.396 e. The molecule has 5 nitrogen and oxygen atoms in total. The zero-order chi connectivity index (χ0) is 11.0. The maximum absolute atomic E-state index is 12.1. The molecule has 1 aromatic rings. The molecule has 2 N–H and O–H groups in total. The lowest BCUT2D eigenvalue weighted by atomic mass is 10.2. The number of aryl methyl sites for hydroxylation is 1. The van der Waals surface area contributed by atoms with E-state index < -0.39 is 0 Å². The van der Waals surface area contributed by atoms with E-state index in [2.05, 4.69) is 5.10 Å². The van der Waals surface area contributed by atoms with E-state index in [0.29, 0.717) is 11.4 Å². The number of amides is 1. The van der Waals surface area contributed by atoms with Gasteiger partial charge in [0.1, 0.15) is 5.69 Å². The van der Waals surface area contributed by atoms with Crippen molar-refractivity contribution in [2.24, 2.45) is 0 Å². The highest BCUT2D eigenvalue weighted by Gasteiger charge is 2.27. The third kappa shape index (κ3) is 1.58. The van der Waals surface area contributed by atoms with Gasteiger partial charge >= 0.3 is 0 Å². The van der Waals surface area contributed by atoms with Gasteiger partial charge in [0.2, 0.25) is 0 Å². The lowest BCUT2D eigenvalue weighted by molar-refractivity contribution is 0.0710. The smallest absolute Gasteiger partial charge is 0.274 e. The molecule has 2 rings (SSSR count). The second-order valence-corrected chi connectivity index (χ2v) is 4.12. The van der Waals surface area contributed by atoms with E-state index in [1.165, 1.54) is 0 Å². The molecule has 1 amide bonds. The molecule has 1 aliphatic rings. The van der Waals surface area contributed by atoms with Gasteiger partial charge in [0, 0.05) is 19.1 Å². The van der Waals surface area contributed by atoms with Crippen LogP contribution in [0.25, 0.3) is 0 Å². The summed E-state index contributed by atoms with van der Waals surface area (Å²) in [6.45, 7) is 5.57. The number of carbonyl (C=O) groups is 1. The summed E-state index contributed by atoms with van der Waals surface area (Å²) in [5.74, 6) is -0.00231. The van der Waals surface area contributed by atoms with Crippen LogP contribution in [-0.4, -0.2) is 33.2 Å². The van der Waals surface area contributed by atoms with Gasteiger partial charge in [-0.25, -0.2) is 0 Å². The van der Waals surface area contributed by atoms with E-state index in [-0.39, 0.29) is 11.9 Å². The maximum atomic E-state index is 12.1. The van der Waals surface area contributed by atoms with Crippen molar-refractivity contribution in [1.82, 2.24) is 14.7 Å². The topological polar surface area (TPSA) is 64.2 Å². The number of fused-ring (bicyclic) bond motifs is 1. The molecule has 82 valence electrons.